The number of nitriles is 1. The van der Waals surface area contributed by atoms with E-state index in [4.69, 9.17) is 0 Å². The summed E-state index contributed by atoms with van der Waals surface area (Å²) in [5.41, 5.74) is 4.59. The van der Waals surface area contributed by atoms with Crippen LogP contribution in [0.1, 0.15) is 55.7 Å². The van der Waals surface area contributed by atoms with Gasteiger partial charge in [0.1, 0.15) is 6.07 Å². The standard InChI is InChI=1S/C16H22N2/c1-12(2)15-10-14(11-17)16(9-13(15)3)18-7-5-4-6-8-18/h9-10,12H,4-8H2,1-3H3. The summed E-state index contributed by atoms with van der Waals surface area (Å²) in [6, 6.07) is 6.67. The first-order valence-electron chi connectivity index (χ1n) is 6.93. The fraction of sp³-hybridized carbons (Fsp3) is 0.562. The maximum atomic E-state index is 9.37. The average Bonchev–Trinajstić information content (AvgIpc) is 2.39. The molecule has 1 aromatic carbocycles. The molecule has 1 aromatic rings. The summed E-state index contributed by atoms with van der Waals surface area (Å²) >= 11 is 0. The molecule has 0 atom stereocenters. The Kier molecular flexibility index (Phi) is 3.91. The Hall–Kier alpha value is -1.49. The minimum absolute atomic E-state index is 0.479. The average molecular weight is 242 g/mol. The van der Waals surface area contributed by atoms with Crippen molar-refractivity contribution in [3.05, 3.63) is 28.8 Å². The lowest BCUT2D eigenvalue weighted by molar-refractivity contribution is 0.577. The molecule has 1 aliphatic rings. The number of hydrogen-bond donors (Lipinski definition) is 0. The fourth-order valence-corrected chi connectivity index (χ4v) is 2.82. The second kappa shape index (κ2) is 5.44. The van der Waals surface area contributed by atoms with Crippen molar-refractivity contribution in [2.24, 2.45) is 0 Å². The van der Waals surface area contributed by atoms with Gasteiger partial charge in [0.25, 0.3) is 0 Å². The van der Waals surface area contributed by atoms with E-state index in [-0.39, 0.29) is 0 Å². The molecule has 2 nitrogen and oxygen atoms in total. The van der Waals surface area contributed by atoms with E-state index in [2.05, 4.69) is 43.9 Å². The summed E-state index contributed by atoms with van der Waals surface area (Å²) in [5.74, 6) is 0.479. The van der Waals surface area contributed by atoms with Crippen LogP contribution < -0.4 is 4.90 Å². The topological polar surface area (TPSA) is 27.0 Å². The van der Waals surface area contributed by atoms with Crippen LogP contribution >= 0.6 is 0 Å². The zero-order chi connectivity index (χ0) is 13.1. The zero-order valence-electron chi connectivity index (χ0n) is 11.7. The quantitative estimate of drug-likeness (QED) is 0.784. The van der Waals surface area contributed by atoms with Gasteiger partial charge in [0.05, 0.1) is 11.3 Å². The normalized spacial score (nSPS) is 15.8. The minimum Gasteiger partial charge on any atom is -0.370 e. The molecule has 2 rings (SSSR count). The summed E-state index contributed by atoms with van der Waals surface area (Å²) in [4.78, 5) is 2.37. The zero-order valence-corrected chi connectivity index (χ0v) is 11.7. The predicted octanol–water partition coefficient (Wildman–Crippen LogP) is 3.98. The van der Waals surface area contributed by atoms with Crippen LogP contribution in [0.2, 0.25) is 0 Å². The monoisotopic (exact) mass is 242 g/mol. The van der Waals surface area contributed by atoms with E-state index >= 15 is 0 Å². The Morgan fingerprint density at radius 1 is 1.17 bits per heavy atom. The molecule has 0 aromatic heterocycles. The molecule has 1 saturated heterocycles. The van der Waals surface area contributed by atoms with Crippen molar-refractivity contribution in [2.45, 2.75) is 46.0 Å². The second-order valence-corrected chi connectivity index (χ2v) is 5.54. The van der Waals surface area contributed by atoms with Gasteiger partial charge < -0.3 is 4.90 Å². The SMILES string of the molecule is Cc1cc(N2CCCCC2)c(C#N)cc1C(C)C. The van der Waals surface area contributed by atoms with E-state index in [1.807, 2.05) is 0 Å². The number of rotatable bonds is 2. The first-order chi connectivity index (χ1) is 8.63. The Bertz CT molecular complexity index is 463. The van der Waals surface area contributed by atoms with E-state index < -0.39 is 0 Å². The minimum atomic E-state index is 0.479. The Labute approximate surface area is 110 Å². The van der Waals surface area contributed by atoms with Gasteiger partial charge in [-0.05, 0) is 55.4 Å². The lowest BCUT2D eigenvalue weighted by Gasteiger charge is -2.30. The van der Waals surface area contributed by atoms with Crippen molar-refractivity contribution in [3.8, 4) is 6.07 Å². The molecule has 1 aliphatic heterocycles. The molecule has 0 amide bonds. The third-order valence-electron chi connectivity index (χ3n) is 3.82. The Morgan fingerprint density at radius 3 is 2.39 bits per heavy atom. The third kappa shape index (κ3) is 2.51. The van der Waals surface area contributed by atoms with Crippen molar-refractivity contribution >= 4 is 5.69 Å². The molecule has 0 radical (unpaired) electrons. The maximum absolute atomic E-state index is 9.37. The summed E-state index contributed by atoms with van der Waals surface area (Å²) in [7, 11) is 0. The van der Waals surface area contributed by atoms with Gasteiger partial charge in [-0.25, -0.2) is 0 Å². The lowest BCUT2D eigenvalue weighted by Crippen LogP contribution is -2.30. The molecule has 1 heterocycles. The highest BCUT2D eigenvalue weighted by molar-refractivity contribution is 5.63. The molecule has 0 saturated carbocycles. The Morgan fingerprint density at radius 2 is 1.83 bits per heavy atom. The largest absolute Gasteiger partial charge is 0.370 e. The molecule has 0 spiro atoms. The second-order valence-electron chi connectivity index (χ2n) is 5.54. The number of benzene rings is 1. The van der Waals surface area contributed by atoms with Crippen LogP contribution in [0, 0.1) is 18.3 Å². The number of hydrogen-bond acceptors (Lipinski definition) is 2. The number of anilines is 1. The summed E-state index contributed by atoms with van der Waals surface area (Å²) in [5, 5.41) is 9.37. The summed E-state index contributed by atoms with van der Waals surface area (Å²) < 4.78 is 0. The Balaban J connectivity index is 2.41. The first kappa shape index (κ1) is 13.0. The van der Waals surface area contributed by atoms with E-state index in [1.54, 1.807) is 0 Å². The van der Waals surface area contributed by atoms with Crippen molar-refractivity contribution in [1.29, 1.82) is 5.26 Å². The van der Waals surface area contributed by atoms with Crippen LogP contribution in [0.5, 0.6) is 0 Å². The third-order valence-corrected chi connectivity index (χ3v) is 3.82. The molecule has 0 aliphatic carbocycles. The van der Waals surface area contributed by atoms with Gasteiger partial charge in [-0.1, -0.05) is 13.8 Å². The van der Waals surface area contributed by atoms with Gasteiger partial charge in [-0.15, -0.1) is 0 Å². The van der Waals surface area contributed by atoms with Crippen LogP contribution in [0.4, 0.5) is 5.69 Å². The van der Waals surface area contributed by atoms with Crippen LogP contribution in [-0.2, 0) is 0 Å². The molecule has 2 heteroatoms. The van der Waals surface area contributed by atoms with Gasteiger partial charge >= 0.3 is 0 Å². The van der Waals surface area contributed by atoms with Crippen molar-refractivity contribution < 1.29 is 0 Å². The maximum Gasteiger partial charge on any atom is 0.101 e. The predicted molar refractivity (Wildman–Crippen MR) is 76.0 cm³/mol. The van der Waals surface area contributed by atoms with Crippen LogP contribution in [-0.4, -0.2) is 13.1 Å². The van der Waals surface area contributed by atoms with Gasteiger partial charge in [0.15, 0.2) is 0 Å². The molecule has 18 heavy (non-hydrogen) atoms. The summed E-state index contributed by atoms with van der Waals surface area (Å²) in [6.07, 6.45) is 3.81. The highest BCUT2D eigenvalue weighted by Gasteiger charge is 2.17. The van der Waals surface area contributed by atoms with Crippen molar-refractivity contribution in [3.63, 3.8) is 0 Å². The molecule has 0 N–H and O–H groups in total. The molecule has 0 unspecified atom stereocenters. The van der Waals surface area contributed by atoms with E-state index in [0.717, 1.165) is 24.3 Å². The van der Waals surface area contributed by atoms with Crippen molar-refractivity contribution in [1.82, 2.24) is 0 Å². The van der Waals surface area contributed by atoms with Gasteiger partial charge in [0, 0.05) is 13.1 Å². The van der Waals surface area contributed by atoms with Gasteiger partial charge in [0.2, 0.25) is 0 Å². The van der Waals surface area contributed by atoms with E-state index in [0.29, 0.717) is 5.92 Å². The molecular formula is C16H22N2. The van der Waals surface area contributed by atoms with Crippen LogP contribution in [0.15, 0.2) is 12.1 Å². The van der Waals surface area contributed by atoms with Crippen LogP contribution in [0.25, 0.3) is 0 Å². The smallest absolute Gasteiger partial charge is 0.101 e. The highest BCUT2D eigenvalue weighted by atomic mass is 15.1. The molecule has 96 valence electrons. The lowest BCUT2D eigenvalue weighted by atomic mass is 9.94. The van der Waals surface area contributed by atoms with E-state index in [1.165, 1.54) is 30.4 Å². The number of piperidine rings is 1. The first-order valence-corrected chi connectivity index (χ1v) is 6.93. The number of aryl methyl sites for hydroxylation is 1. The highest BCUT2D eigenvalue weighted by Crippen LogP contribution is 2.30. The number of nitrogens with zero attached hydrogens (tertiary/aromatic N) is 2. The molecule has 1 fully saturated rings. The fourth-order valence-electron chi connectivity index (χ4n) is 2.82. The summed E-state index contributed by atoms with van der Waals surface area (Å²) in [6.45, 7) is 8.71. The molecular weight excluding hydrogens is 220 g/mol. The van der Waals surface area contributed by atoms with Crippen molar-refractivity contribution in [2.75, 3.05) is 18.0 Å². The molecule has 0 bridgehead atoms. The van der Waals surface area contributed by atoms with E-state index in [9.17, 15) is 5.26 Å². The van der Waals surface area contributed by atoms with Crippen LogP contribution in [0.3, 0.4) is 0 Å². The van der Waals surface area contributed by atoms with Gasteiger partial charge in [-0.3, -0.25) is 0 Å². The van der Waals surface area contributed by atoms with Gasteiger partial charge in [-0.2, -0.15) is 5.26 Å².